The molecule has 33 heavy (non-hydrogen) atoms. The molecule has 1 amide bonds. The Hall–Kier alpha value is -3.80. The number of nitrogens with one attached hydrogen (secondary N) is 1. The van der Waals surface area contributed by atoms with Crippen molar-refractivity contribution in [1.29, 1.82) is 0 Å². The highest BCUT2D eigenvalue weighted by atomic mass is 32.2. The Morgan fingerprint density at radius 1 is 1.03 bits per heavy atom. The van der Waals surface area contributed by atoms with Gasteiger partial charge in [0.25, 0.3) is 5.91 Å². The summed E-state index contributed by atoms with van der Waals surface area (Å²) >= 11 is 0. The first kappa shape index (κ1) is 25.5. The highest BCUT2D eigenvalue weighted by Gasteiger charge is 2.24. The number of hydrogen-bond acceptors (Lipinski definition) is 9. The number of rotatable bonds is 9. The van der Waals surface area contributed by atoms with Crippen molar-refractivity contribution in [2.24, 2.45) is 5.10 Å². The molecule has 2 aromatic carbocycles. The van der Waals surface area contributed by atoms with Crippen molar-refractivity contribution in [3.05, 3.63) is 47.5 Å². The van der Waals surface area contributed by atoms with Gasteiger partial charge in [-0.1, -0.05) is 6.07 Å². The van der Waals surface area contributed by atoms with Crippen LogP contribution in [0.25, 0.3) is 0 Å². The lowest BCUT2D eigenvalue weighted by molar-refractivity contribution is -0.119. The fourth-order valence-electron chi connectivity index (χ4n) is 2.70. The number of carbonyl (C=O) groups excluding carboxylic acids is 2. The highest BCUT2D eigenvalue weighted by Crippen LogP contribution is 2.31. The van der Waals surface area contributed by atoms with Crippen LogP contribution < -0.4 is 23.9 Å². The van der Waals surface area contributed by atoms with Crippen LogP contribution in [0.1, 0.15) is 11.1 Å². The fraction of sp³-hybridized carbons (Fsp3) is 0.286. The predicted octanol–water partition coefficient (Wildman–Crippen LogP) is 2.07. The van der Waals surface area contributed by atoms with Gasteiger partial charge in [-0.05, 0) is 48.4 Å². The van der Waals surface area contributed by atoms with Crippen molar-refractivity contribution in [1.82, 2.24) is 5.43 Å². The zero-order valence-corrected chi connectivity index (χ0v) is 19.6. The number of aryl methyl sites for hydroxylation is 1. The number of anilines is 1. The molecule has 1 N–H and O–H groups in total. The van der Waals surface area contributed by atoms with E-state index >= 15 is 0 Å². The first-order valence-electron chi connectivity index (χ1n) is 9.47. The number of methoxy groups -OCH3 is 3. The van der Waals surface area contributed by atoms with Crippen molar-refractivity contribution in [3.63, 3.8) is 0 Å². The number of hydrogen-bond donors (Lipinski definition) is 1. The minimum atomic E-state index is -3.79. The van der Waals surface area contributed by atoms with Gasteiger partial charge in [0.15, 0.2) is 11.5 Å². The lowest BCUT2D eigenvalue weighted by Gasteiger charge is -2.23. The third-order valence-corrected chi connectivity index (χ3v) is 5.37. The van der Waals surface area contributed by atoms with Crippen LogP contribution in [0.15, 0.2) is 41.5 Å². The van der Waals surface area contributed by atoms with Crippen LogP contribution in [0, 0.1) is 6.92 Å². The summed E-state index contributed by atoms with van der Waals surface area (Å²) in [6.07, 6.45) is 1.42. The maximum atomic E-state index is 12.4. The molecule has 0 aliphatic heterocycles. The summed E-state index contributed by atoms with van der Waals surface area (Å²) in [6, 6.07) is 9.56. The van der Waals surface area contributed by atoms with E-state index in [-0.39, 0.29) is 17.2 Å². The smallest absolute Gasteiger partial charge is 0.495 e. The maximum absolute atomic E-state index is 12.4. The van der Waals surface area contributed by atoms with Crippen LogP contribution >= 0.6 is 0 Å². The summed E-state index contributed by atoms with van der Waals surface area (Å²) in [5.41, 5.74) is 3.84. The topological polar surface area (TPSA) is 133 Å². The molecular formula is C21H25N3O8S. The molecule has 11 nitrogen and oxygen atoms in total. The van der Waals surface area contributed by atoms with E-state index in [2.05, 4.69) is 15.3 Å². The highest BCUT2D eigenvalue weighted by molar-refractivity contribution is 7.92. The van der Waals surface area contributed by atoms with Crippen molar-refractivity contribution < 1.29 is 37.0 Å². The van der Waals surface area contributed by atoms with E-state index in [1.54, 1.807) is 31.2 Å². The van der Waals surface area contributed by atoms with Crippen LogP contribution in [-0.4, -0.2) is 60.8 Å². The molecule has 178 valence electrons. The quantitative estimate of drug-likeness (QED) is 0.250. The van der Waals surface area contributed by atoms with Crippen LogP contribution in [0.4, 0.5) is 10.5 Å². The monoisotopic (exact) mass is 479 g/mol. The molecule has 0 saturated carbocycles. The Morgan fingerprint density at radius 3 is 2.30 bits per heavy atom. The number of ether oxygens (including phenoxy) is 4. The second kappa shape index (κ2) is 11.2. The Bertz CT molecular complexity index is 1150. The van der Waals surface area contributed by atoms with E-state index in [1.165, 1.54) is 39.7 Å². The van der Waals surface area contributed by atoms with E-state index in [0.29, 0.717) is 11.3 Å². The van der Waals surface area contributed by atoms with Crippen LogP contribution in [0.3, 0.4) is 0 Å². The molecule has 12 heteroatoms. The SMILES string of the molecule is COC(=O)Oc1ccc(/C=N\NC(=O)CN(c2cc(C)ccc2OC)S(C)(=O)=O)cc1OC. The molecule has 0 heterocycles. The summed E-state index contributed by atoms with van der Waals surface area (Å²) < 4.78 is 45.4. The fourth-order valence-corrected chi connectivity index (χ4v) is 3.55. The number of nitrogens with zero attached hydrogens (tertiary/aromatic N) is 2. The standard InChI is InChI=1S/C21H25N3O8S/c1-14-6-8-17(29-2)16(10-14)24(33(5,27)28)13-20(25)23-22-12-15-7-9-18(19(11-15)30-3)32-21(26)31-4/h6-12H,13H2,1-5H3,(H,23,25)/b22-12-. The number of amides is 1. The van der Waals surface area contributed by atoms with E-state index in [9.17, 15) is 18.0 Å². The first-order valence-corrected chi connectivity index (χ1v) is 11.3. The van der Waals surface area contributed by atoms with Crippen LogP contribution in [0.2, 0.25) is 0 Å². The molecule has 0 fully saturated rings. The zero-order valence-electron chi connectivity index (χ0n) is 18.8. The summed E-state index contributed by atoms with van der Waals surface area (Å²) in [6.45, 7) is 1.29. The Kier molecular flexibility index (Phi) is 8.63. The van der Waals surface area contributed by atoms with E-state index in [1.807, 2.05) is 0 Å². The van der Waals surface area contributed by atoms with Gasteiger partial charge in [0.1, 0.15) is 12.3 Å². The summed E-state index contributed by atoms with van der Waals surface area (Å²) in [7, 11) is 0.188. The first-order chi connectivity index (χ1) is 15.6. The van der Waals surface area contributed by atoms with Gasteiger partial charge in [0.2, 0.25) is 10.0 Å². The molecule has 0 aliphatic rings. The van der Waals surface area contributed by atoms with Gasteiger partial charge in [0, 0.05) is 0 Å². The van der Waals surface area contributed by atoms with Crippen molar-refractivity contribution in [2.75, 3.05) is 38.4 Å². The van der Waals surface area contributed by atoms with E-state index in [4.69, 9.17) is 14.2 Å². The molecular weight excluding hydrogens is 454 g/mol. The van der Waals surface area contributed by atoms with Gasteiger partial charge in [-0.2, -0.15) is 5.10 Å². The molecule has 0 unspecified atom stereocenters. The van der Waals surface area contributed by atoms with Crippen LogP contribution in [-0.2, 0) is 19.6 Å². The van der Waals surface area contributed by atoms with Crippen molar-refractivity contribution in [2.45, 2.75) is 6.92 Å². The molecule has 0 spiro atoms. The molecule has 0 bridgehead atoms. The Balaban J connectivity index is 2.14. The van der Waals surface area contributed by atoms with E-state index in [0.717, 1.165) is 16.1 Å². The molecule has 0 radical (unpaired) electrons. The van der Waals surface area contributed by atoms with Gasteiger partial charge in [-0.15, -0.1) is 0 Å². The second-order valence-corrected chi connectivity index (χ2v) is 8.61. The van der Waals surface area contributed by atoms with Crippen LogP contribution in [0.5, 0.6) is 17.2 Å². The van der Waals surface area contributed by atoms with E-state index < -0.39 is 28.6 Å². The normalized spacial score (nSPS) is 11.1. The van der Waals surface area contributed by atoms with Gasteiger partial charge in [-0.25, -0.2) is 18.6 Å². The van der Waals surface area contributed by atoms with Crippen molar-refractivity contribution in [3.8, 4) is 17.2 Å². The molecule has 0 atom stereocenters. The van der Waals surface area contributed by atoms with Gasteiger partial charge in [-0.3, -0.25) is 9.10 Å². The average Bonchev–Trinajstić information content (AvgIpc) is 2.77. The maximum Gasteiger partial charge on any atom is 0.513 e. The second-order valence-electron chi connectivity index (χ2n) is 6.70. The van der Waals surface area contributed by atoms with Gasteiger partial charge in [0.05, 0.1) is 39.5 Å². The summed E-state index contributed by atoms with van der Waals surface area (Å²) in [4.78, 5) is 23.7. The molecule has 0 aliphatic carbocycles. The third-order valence-electron chi connectivity index (χ3n) is 4.24. The lowest BCUT2D eigenvalue weighted by Crippen LogP contribution is -2.39. The van der Waals surface area contributed by atoms with Gasteiger partial charge < -0.3 is 18.9 Å². The predicted molar refractivity (Wildman–Crippen MR) is 122 cm³/mol. The molecule has 2 aromatic rings. The van der Waals surface area contributed by atoms with Crippen molar-refractivity contribution >= 4 is 34.0 Å². The summed E-state index contributed by atoms with van der Waals surface area (Å²) in [5, 5.41) is 3.85. The molecule has 0 aromatic heterocycles. The lowest BCUT2D eigenvalue weighted by atomic mass is 10.2. The van der Waals surface area contributed by atoms with Gasteiger partial charge >= 0.3 is 6.16 Å². The number of carbonyl (C=O) groups is 2. The largest absolute Gasteiger partial charge is 0.513 e. The molecule has 2 rings (SSSR count). The Labute approximate surface area is 191 Å². The number of sulfonamides is 1. The zero-order chi connectivity index (χ0) is 24.6. The molecule has 0 saturated heterocycles. The summed E-state index contributed by atoms with van der Waals surface area (Å²) in [5.74, 6) is 0.0217. The minimum Gasteiger partial charge on any atom is -0.495 e. The number of hydrazone groups is 1. The average molecular weight is 480 g/mol. The Morgan fingerprint density at radius 2 is 1.70 bits per heavy atom. The minimum absolute atomic E-state index is 0.140. The third kappa shape index (κ3) is 7.10. The number of benzene rings is 2.